The van der Waals surface area contributed by atoms with Gasteiger partial charge in [-0.15, -0.1) is 0 Å². The van der Waals surface area contributed by atoms with E-state index in [1.807, 2.05) is 42.5 Å². The van der Waals surface area contributed by atoms with Gasteiger partial charge >= 0.3 is 6.09 Å². The van der Waals surface area contributed by atoms with Crippen molar-refractivity contribution in [3.8, 4) is 11.5 Å². The normalized spacial score (nSPS) is 14.8. The highest BCUT2D eigenvalue weighted by Crippen LogP contribution is 2.22. The summed E-state index contributed by atoms with van der Waals surface area (Å²) >= 11 is 0. The highest BCUT2D eigenvalue weighted by Gasteiger charge is 2.22. The summed E-state index contributed by atoms with van der Waals surface area (Å²) in [5.74, 6) is 1.65. The van der Waals surface area contributed by atoms with Crippen molar-refractivity contribution in [1.29, 1.82) is 0 Å². The summed E-state index contributed by atoms with van der Waals surface area (Å²) in [6, 6.07) is 13.9. The average molecular weight is 337 g/mol. The molecule has 0 aliphatic carbocycles. The maximum atomic E-state index is 11.6. The van der Waals surface area contributed by atoms with E-state index in [2.05, 4.69) is 14.9 Å². The first-order chi connectivity index (χ1) is 12.2. The molecular weight excluding hydrogens is 318 g/mol. The van der Waals surface area contributed by atoms with Crippen molar-refractivity contribution in [3.63, 3.8) is 0 Å². The number of benzene rings is 1. The number of fused-ring (bicyclic) bond motifs is 1. The van der Waals surface area contributed by atoms with Crippen LogP contribution in [0.15, 0.2) is 42.5 Å². The number of piperazine rings is 1. The Morgan fingerprint density at radius 2 is 1.84 bits per heavy atom. The first-order valence-electron chi connectivity index (χ1n) is 8.24. The fourth-order valence-electron chi connectivity index (χ4n) is 3.05. The maximum Gasteiger partial charge on any atom is 0.409 e. The van der Waals surface area contributed by atoms with E-state index in [1.165, 1.54) is 7.11 Å². The van der Waals surface area contributed by atoms with Crippen molar-refractivity contribution < 1.29 is 9.53 Å². The molecule has 25 heavy (non-hydrogen) atoms. The Hall–Kier alpha value is -3.09. The molecule has 3 aromatic rings. The van der Waals surface area contributed by atoms with Gasteiger partial charge in [-0.2, -0.15) is 0 Å². The van der Waals surface area contributed by atoms with Gasteiger partial charge in [-0.1, -0.05) is 18.2 Å². The van der Waals surface area contributed by atoms with E-state index in [-0.39, 0.29) is 6.09 Å². The molecule has 0 unspecified atom stereocenters. The van der Waals surface area contributed by atoms with Crippen LogP contribution in [0.4, 0.5) is 10.6 Å². The Morgan fingerprint density at radius 1 is 1.04 bits per heavy atom. The zero-order valence-electron chi connectivity index (χ0n) is 14.0. The third-order valence-electron chi connectivity index (χ3n) is 4.40. The van der Waals surface area contributed by atoms with Crippen molar-refractivity contribution >= 4 is 22.9 Å². The van der Waals surface area contributed by atoms with E-state index in [0.29, 0.717) is 13.1 Å². The summed E-state index contributed by atoms with van der Waals surface area (Å²) in [5, 5.41) is 0. The van der Waals surface area contributed by atoms with E-state index >= 15 is 0 Å². The Labute approximate surface area is 145 Å². The Kier molecular flexibility index (Phi) is 3.97. The van der Waals surface area contributed by atoms with E-state index in [0.717, 1.165) is 41.5 Å². The zero-order chi connectivity index (χ0) is 17.2. The summed E-state index contributed by atoms with van der Waals surface area (Å²) < 4.78 is 4.78. The number of hydrogen-bond acceptors (Lipinski definition) is 5. The third-order valence-corrected chi connectivity index (χ3v) is 4.40. The van der Waals surface area contributed by atoms with Gasteiger partial charge in [0.15, 0.2) is 5.82 Å². The number of nitrogens with zero attached hydrogens (tertiary/aromatic N) is 4. The van der Waals surface area contributed by atoms with Gasteiger partial charge in [0.1, 0.15) is 11.5 Å². The van der Waals surface area contributed by atoms with Crippen LogP contribution in [-0.4, -0.2) is 59.2 Å². The van der Waals surface area contributed by atoms with Crippen molar-refractivity contribution in [2.24, 2.45) is 0 Å². The van der Waals surface area contributed by atoms with Gasteiger partial charge in [-0.3, -0.25) is 0 Å². The number of ether oxygens (including phenoxy) is 1. The standard InChI is InChI=1S/C18H19N5O2/c1-25-18(24)23-11-9-22(10-12-23)16-8-4-7-15(19-16)17-20-13-5-2-3-6-14(13)21-17/h2-8H,9-12H2,1H3,(H,20,21). The Morgan fingerprint density at radius 3 is 2.60 bits per heavy atom. The molecule has 1 N–H and O–H groups in total. The molecule has 7 nitrogen and oxygen atoms in total. The van der Waals surface area contributed by atoms with Crippen molar-refractivity contribution in [3.05, 3.63) is 42.5 Å². The molecule has 0 saturated carbocycles. The number of amides is 1. The van der Waals surface area contributed by atoms with E-state index in [4.69, 9.17) is 9.72 Å². The van der Waals surface area contributed by atoms with Crippen LogP contribution in [0.2, 0.25) is 0 Å². The van der Waals surface area contributed by atoms with Gasteiger partial charge in [-0.25, -0.2) is 14.8 Å². The lowest BCUT2D eigenvalue weighted by Crippen LogP contribution is -2.49. The number of imidazole rings is 1. The number of hydrogen-bond donors (Lipinski definition) is 1. The number of carbonyl (C=O) groups is 1. The van der Waals surface area contributed by atoms with Crippen LogP contribution in [0.3, 0.4) is 0 Å². The van der Waals surface area contributed by atoms with Crippen molar-refractivity contribution in [2.75, 3.05) is 38.2 Å². The lowest BCUT2D eigenvalue weighted by molar-refractivity contribution is 0.121. The second-order valence-corrected chi connectivity index (χ2v) is 5.93. The van der Waals surface area contributed by atoms with Gasteiger partial charge in [-0.05, 0) is 24.3 Å². The predicted molar refractivity (Wildman–Crippen MR) is 95.5 cm³/mol. The molecule has 0 atom stereocenters. The van der Waals surface area contributed by atoms with Gasteiger partial charge < -0.3 is 19.5 Å². The van der Waals surface area contributed by atoms with Crippen molar-refractivity contribution in [2.45, 2.75) is 0 Å². The second-order valence-electron chi connectivity index (χ2n) is 5.93. The lowest BCUT2D eigenvalue weighted by atomic mass is 10.3. The average Bonchev–Trinajstić information content (AvgIpc) is 3.12. The molecule has 0 bridgehead atoms. The summed E-state index contributed by atoms with van der Waals surface area (Å²) in [6.07, 6.45) is -0.274. The largest absolute Gasteiger partial charge is 0.453 e. The first kappa shape index (κ1) is 15.4. The molecular formula is C18H19N5O2. The number of aromatic amines is 1. The van der Waals surface area contributed by atoms with Gasteiger partial charge in [0.05, 0.1) is 18.1 Å². The third kappa shape index (κ3) is 3.00. The van der Waals surface area contributed by atoms with Crippen LogP contribution < -0.4 is 4.90 Å². The minimum Gasteiger partial charge on any atom is -0.453 e. The number of nitrogens with one attached hydrogen (secondary N) is 1. The van der Waals surface area contributed by atoms with Crippen LogP contribution in [-0.2, 0) is 4.74 Å². The molecule has 1 saturated heterocycles. The minimum absolute atomic E-state index is 0.274. The number of para-hydroxylation sites is 2. The number of carbonyl (C=O) groups excluding carboxylic acids is 1. The van der Waals surface area contributed by atoms with Crippen LogP contribution in [0.5, 0.6) is 0 Å². The molecule has 4 rings (SSSR count). The number of anilines is 1. The smallest absolute Gasteiger partial charge is 0.409 e. The molecule has 1 aromatic carbocycles. The number of aromatic nitrogens is 3. The van der Waals surface area contributed by atoms with Crippen LogP contribution in [0.25, 0.3) is 22.6 Å². The number of methoxy groups -OCH3 is 1. The van der Waals surface area contributed by atoms with Gasteiger partial charge in [0.2, 0.25) is 0 Å². The van der Waals surface area contributed by atoms with Crippen molar-refractivity contribution in [1.82, 2.24) is 19.9 Å². The quantitative estimate of drug-likeness (QED) is 0.778. The molecule has 2 aromatic heterocycles. The molecule has 1 aliphatic rings. The lowest BCUT2D eigenvalue weighted by Gasteiger charge is -2.34. The SMILES string of the molecule is COC(=O)N1CCN(c2cccc(-c3nc4ccccc4[nH]3)n2)CC1. The molecule has 7 heteroatoms. The predicted octanol–water partition coefficient (Wildman–Crippen LogP) is 2.51. The fraction of sp³-hybridized carbons (Fsp3) is 0.278. The van der Waals surface area contributed by atoms with Gasteiger partial charge in [0.25, 0.3) is 0 Å². The monoisotopic (exact) mass is 337 g/mol. The highest BCUT2D eigenvalue weighted by molar-refractivity contribution is 5.78. The zero-order valence-corrected chi connectivity index (χ0v) is 14.0. The number of pyridine rings is 1. The molecule has 0 spiro atoms. The number of H-pyrrole nitrogens is 1. The molecule has 1 amide bonds. The van der Waals surface area contributed by atoms with E-state index < -0.39 is 0 Å². The summed E-state index contributed by atoms with van der Waals surface area (Å²) in [4.78, 5) is 28.1. The topological polar surface area (TPSA) is 74.3 Å². The Bertz CT molecular complexity index is 866. The minimum atomic E-state index is -0.274. The summed E-state index contributed by atoms with van der Waals surface area (Å²) in [7, 11) is 1.41. The molecule has 128 valence electrons. The highest BCUT2D eigenvalue weighted by atomic mass is 16.5. The maximum absolute atomic E-state index is 11.6. The van der Waals surface area contributed by atoms with E-state index in [1.54, 1.807) is 4.90 Å². The van der Waals surface area contributed by atoms with Crippen LogP contribution >= 0.6 is 0 Å². The van der Waals surface area contributed by atoms with E-state index in [9.17, 15) is 4.79 Å². The fourth-order valence-corrected chi connectivity index (χ4v) is 3.05. The Balaban J connectivity index is 1.55. The summed E-state index contributed by atoms with van der Waals surface area (Å²) in [5.41, 5.74) is 2.73. The van der Waals surface area contributed by atoms with Crippen LogP contribution in [0, 0.1) is 0 Å². The number of rotatable bonds is 2. The molecule has 1 fully saturated rings. The van der Waals surface area contributed by atoms with Gasteiger partial charge in [0, 0.05) is 26.2 Å². The second kappa shape index (κ2) is 6.43. The molecule has 0 radical (unpaired) electrons. The van der Waals surface area contributed by atoms with Crippen LogP contribution in [0.1, 0.15) is 0 Å². The molecule has 3 heterocycles. The molecule has 1 aliphatic heterocycles. The first-order valence-corrected chi connectivity index (χ1v) is 8.24. The summed E-state index contributed by atoms with van der Waals surface area (Å²) in [6.45, 7) is 2.71.